The molecule has 1 N–H and O–H groups in total. The quantitative estimate of drug-likeness (QED) is 0.687. The summed E-state index contributed by atoms with van der Waals surface area (Å²) in [5.41, 5.74) is 2.94. The number of hydrogen-bond donors (Lipinski definition) is 1. The summed E-state index contributed by atoms with van der Waals surface area (Å²) in [5, 5.41) is 3.47. The van der Waals surface area contributed by atoms with Gasteiger partial charge in [0, 0.05) is 17.4 Å². The molecule has 1 aliphatic carbocycles. The summed E-state index contributed by atoms with van der Waals surface area (Å²) in [6, 6.07) is 15.4. The van der Waals surface area contributed by atoms with Crippen molar-refractivity contribution in [1.82, 2.24) is 0 Å². The number of nitrogens with one attached hydrogen (secondary N) is 1. The Morgan fingerprint density at radius 2 is 1.96 bits per heavy atom. The van der Waals surface area contributed by atoms with Gasteiger partial charge in [0.25, 0.3) is 0 Å². The molecule has 0 amide bonds. The highest BCUT2D eigenvalue weighted by molar-refractivity contribution is 6.02. The molecule has 2 aromatic carbocycles. The van der Waals surface area contributed by atoms with Crippen LogP contribution in [-0.4, -0.2) is 18.9 Å². The minimum atomic E-state index is -0.221. The third kappa shape index (κ3) is 2.24. The van der Waals surface area contributed by atoms with Crippen molar-refractivity contribution < 1.29 is 9.53 Å². The smallest absolute Gasteiger partial charge is 0.185 e. The number of Topliss-reactive ketones (excluding diaryl/α,β-unsaturated/α-hetero) is 1. The summed E-state index contributed by atoms with van der Waals surface area (Å²) in [7, 11) is 1.67. The number of carbonyl (C=O) groups excluding carboxylic acids is 1. The van der Waals surface area contributed by atoms with Crippen LogP contribution in [0.1, 0.15) is 28.3 Å². The Morgan fingerprint density at radius 1 is 1.13 bits per heavy atom. The van der Waals surface area contributed by atoms with E-state index in [1.807, 2.05) is 42.5 Å². The Kier molecular flexibility index (Phi) is 3.41. The number of allylic oxidation sites excluding steroid dienone is 2. The number of fused-ring (bicyclic) bond motifs is 3. The molecule has 0 aromatic heterocycles. The molecule has 0 fully saturated rings. The fraction of sp³-hybridized carbons (Fsp3) is 0.250. The van der Waals surface area contributed by atoms with E-state index in [0.29, 0.717) is 0 Å². The summed E-state index contributed by atoms with van der Waals surface area (Å²) < 4.78 is 5.50. The van der Waals surface area contributed by atoms with Crippen LogP contribution in [0.3, 0.4) is 0 Å². The van der Waals surface area contributed by atoms with E-state index in [9.17, 15) is 4.79 Å². The molecule has 0 saturated carbocycles. The first-order chi connectivity index (χ1) is 11.3. The molecule has 1 aliphatic heterocycles. The van der Waals surface area contributed by atoms with Crippen LogP contribution in [0.15, 0.2) is 60.7 Å². The maximum atomic E-state index is 13.0. The molecule has 2 aromatic rings. The summed E-state index contributed by atoms with van der Waals surface area (Å²) in [5.74, 6) is 1.49. The van der Waals surface area contributed by atoms with Crippen molar-refractivity contribution in [2.75, 3.05) is 12.4 Å². The van der Waals surface area contributed by atoms with Crippen molar-refractivity contribution in [3.05, 3.63) is 71.8 Å². The molecule has 116 valence electrons. The van der Waals surface area contributed by atoms with E-state index in [4.69, 9.17) is 4.74 Å². The van der Waals surface area contributed by atoms with E-state index in [1.54, 1.807) is 7.11 Å². The number of rotatable bonds is 3. The van der Waals surface area contributed by atoms with Gasteiger partial charge in [-0.2, -0.15) is 0 Å². The molecular formula is C20H19NO2. The highest BCUT2D eigenvalue weighted by Gasteiger charge is 2.41. The molecule has 2 aliphatic rings. The Hall–Kier alpha value is -2.55. The molecule has 3 atom stereocenters. The van der Waals surface area contributed by atoms with E-state index < -0.39 is 0 Å². The molecule has 23 heavy (non-hydrogen) atoms. The maximum Gasteiger partial charge on any atom is 0.185 e. The summed E-state index contributed by atoms with van der Waals surface area (Å²) in [4.78, 5) is 13.0. The molecule has 4 rings (SSSR count). The fourth-order valence-corrected chi connectivity index (χ4v) is 3.80. The predicted molar refractivity (Wildman–Crippen MR) is 91.2 cm³/mol. The van der Waals surface area contributed by atoms with Crippen LogP contribution in [0.4, 0.5) is 5.69 Å². The molecule has 0 spiro atoms. The zero-order valence-electron chi connectivity index (χ0n) is 13.0. The predicted octanol–water partition coefficient (Wildman–Crippen LogP) is 4.03. The Morgan fingerprint density at radius 3 is 2.74 bits per heavy atom. The summed E-state index contributed by atoms with van der Waals surface area (Å²) in [6.45, 7) is 0. The second-order valence-electron chi connectivity index (χ2n) is 6.13. The SMILES string of the molecule is COc1cccc2c1NC(C(=O)c1ccccc1)C1CC=CC21. The molecular weight excluding hydrogens is 286 g/mol. The number of benzene rings is 2. The van der Waals surface area contributed by atoms with Gasteiger partial charge in [-0.3, -0.25) is 4.79 Å². The van der Waals surface area contributed by atoms with Crippen LogP contribution >= 0.6 is 0 Å². The van der Waals surface area contributed by atoms with Crippen LogP contribution in [0.5, 0.6) is 5.75 Å². The molecule has 0 saturated heterocycles. The lowest BCUT2D eigenvalue weighted by atomic mass is 9.77. The standard InChI is InChI=1S/C20H19NO2/c1-23-17-12-6-11-15-14-9-5-10-16(14)19(21-18(15)17)20(22)13-7-3-2-4-8-13/h2-9,11-12,14,16,19,21H,10H2,1H3. The molecule has 3 heteroatoms. The van der Waals surface area contributed by atoms with Crippen LogP contribution in [0.2, 0.25) is 0 Å². The Labute approximate surface area is 136 Å². The normalized spacial score (nSPS) is 24.5. The van der Waals surface area contributed by atoms with Crippen LogP contribution < -0.4 is 10.1 Å². The van der Waals surface area contributed by atoms with Crippen LogP contribution in [-0.2, 0) is 0 Å². The van der Waals surface area contributed by atoms with Crippen LogP contribution in [0, 0.1) is 5.92 Å². The van der Waals surface area contributed by atoms with Crippen molar-refractivity contribution in [2.24, 2.45) is 5.92 Å². The lowest BCUT2D eigenvalue weighted by molar-refractivity contribution is 0.0938. The Balaban J connectivity index is 1.77. The largest absolute Gasteiger partial charge is 0.495 e. The molecule has 0 radical (unpaired) electrons. The number of para-hydroxylation sites is 1. The van der Waals surface area contributed by atoms with E-state index in [0.717, 1.165) is 23.4 Å². The van der Waals surface area contributed by atoms with Gasteiger partial charge in [-0.15, -0.1) is 0 Å². The number of methoxy groups -OCH3 is 1. The summed E-state index contributed by atoms with van der Waals surface area (Å²) in [6.07, 6.45) is 5.35. The average Bonchev–Trinajstić information content (AvgIpc) is 3.10. The third-order valence-corrected chi connectivity index (χ3v) is 4.92. The average molecular weight is 305 g/mol. The number of hydrogen-bond acceptors (Lipinski definition) is 3. The van der Waals surface area contributed by atoms with Gasteiger partial charge in [0.1, 0.15) is 5.75 Å². The first kappa shape index (κ1) is 14.1. The van der Waals surface area contributed by atoms with Gasteiger partial charge >= 0.3 is 0 Å². The molecule has 3 nitrogen and oxygen atoms in total. The zero-order chi connectivity index (χ0) is 15.8. The lowest BCUT2D eigenvalue weighted by Gasteiger charge is -2.36. The maximum absolute atomic E-state index is 13.0. The van der Waals surface area contributed by atoms with E-state index in [1.165, 1.54) is 5.56 Å². The Bertz CT molecular complexity index is 766. The second kappa shape index (κ2) is 5.58. The summed E-state index contributed by atoms with van der Waals surface area (Å²) >= 11 is 0. The zero-order valence-corrected chi connectivity index (χ0v) is 13.0. The number of ketones is 1. The molecule has 1 heterocycles. The fourth-order valence-electron chi connectivity index (χ4n) is 3.80. The molecule has 3 unspecified atom stereocenters. The van der Waals surface area contributed by atoms with Crippen LogP contribution in [0.25, 0.3) is 0 Å². The van der Waals surface area contributed by atoms with Crippen molar-refractivity contribution >= 4 is 11.5 Å². The first-order valence-corrected chi connectivity index (χ1v) is 7.99. The third-order valence-electron chi connectivity index (χ3n) is 4.92. The van der Waals surface area contributed by atoms with Gasteiger partial charge in [0.05, 0.1) is 18.8 Å². The minimum absolute atomic E-state index is 0.154. The van der Waals surface area contributed by atoms with Gasteiger partial charge in [-0.1, -0.05) is 54.6 Å². The highest BCUT2D eigenvalue weighted by Crippen LogP contribution is 2.48. The van der Waals surface area contributed by atoms with Gasteiger partial charge < -0.3 is 10.1 Å². The number of ether oxygens (including phenoxy) is 1. The van der Waals surface area contributed by atoms with Crippen molar-refractivity contribution in [3.63, 3.8) is 0 Å². The van der Waals surface area contributed by atoms with E-state index in [2.05, 4.69) is 23.5 Å². The van der Waals surface area contributed by atoms with Gasteiger partial charge in [0.2, 0.25) is 0 Å². The van der Waals surface area contributed by atoms with Crippen molar-refractivity contribution in [1.29, 1.82) is 0 Å². The lowest BCUT2D eigenvalue weighted by Crippen LogP contribution is -2.42. The van der Waals surface area contributed by atoms with E-state index >= 15 is 0 Å². The van der Waals surface area contributed by atoms with Crippen molar-refractivity contribution in [3.8, 4) is 5.75 Å². The topological polar surface area (TPSA) is 38.3 Å². The highest BCUT2D eigenvalue weighted by atomic mass is 16.5. The monoisotopic (exact) mass is 305 g/mol. The van der Waals surface area contributed by atoms with E-state index in [-0.39, 0.29) is 23.7 Å². The van der Waals surface area contributed by atoms with Gasteiger partial charge in [0.15, 0.2) is 5.78 Å². The van der Waals surface area contributed by atoms with Gasteiger partial charge in [-0.05, 0) is 18.1 Å². The first-order valence-electron chi connectivity index (χ1n) is 7.99. The minimum Gasteiger partial charge on any atom is -0.495 e. The second-order valence-corrected chi connectivity index (χ2v) is 6.13. The van der Waals surface area contributed by atoms with Crippen molar-refractivity contribution in [2.45, 2.75) is 18.4 Å². The number of carbonyl (C=O) groups is 1. The molecule has 0 bridgehead atoms. The van der Waals surface area contributed by atoms with Gasteiger partial charge in [-0.25, -0.2) is 0 Å². The number of anilines is 1.